The zero-order valence-corrected chi connectivity index (χ0v) is 17.0. The summed E-state index contributed by atoms with van der Waals surface area (Å²) in [6.45, 7) is 11.7. The molecule has 3 atom stereocenters. The molecular formula is C20H32ClN3O2. The average molecular weight is 382 g/mol. The summed E-state index contributed by atoms with van der Waals surface area (Å²) >= 11 is 0. The van der Waals surface area contributed by atoms with E-state index in [1.807, 2.05) is 45.9 Å². The quantitative estimate of drug-likeness (QED) is 0.687. The maximum atomic E-state index is 13.2. The van der Waals surface area contributed by atoms with Crippen LogP contribution in [-0.2, 0) is 9.59 Å². The third kappa shape index (κ3) is 5.85. The van der Waals surface area contributed by atoms with Crippen LogP contribution in [0.15, 0.2) is 30.8 Å². The van der Waals surface area contributed by atoms with Crippen LogP contribution in [0.25, 0.3) is 6.08 Å². The highest BCUT2D eigenvalue weighted by Crippen LogP contribution is 2.27. The number of primary amides is 1. The van der Waals surface area contributed by atoms with Crippen molar-refractivity contribution >= 4 is 36.0 Å². The molecule has 1 aromatic rings. The minimum atomic E-state index is -0.747. The number of para-hydroxylation sites is 1. The Hall–Kier alpha value is -1.85. The van der Waals surface area contributed by atoms with Gasteiger partial charge in [-0.15, -0.1) is 12.4 Å². The molecule has 5 nitrogen and oxygen atoms in total. The van der Waals surface area contributed by atoms with E-state index in [1.54, 1.807) is 12.1 Å². The maximum absolute atomic E-state index is 13.2. The molecule has 0 bridgehead atoms. The second-order valence-electron chi connectivity index (χ2n) is 6.93. The smallest absolute Gasteiger partial charge is 0.244 e. The first-order valence-corrected chi connectivity index (χ1v) is 8.83. The standard InChI is InChI=1S/C20H31N3O2.ClH/c1-6-14(5)18(21)20(25)23(17(19(22)24)12-13(3)4)16-11-9-8-10-15(16)7-2;/h7-11,13-14,17-18H,2,6,12,21H2,1,3-5H3,(H2,22,24);1H. The number of nitrogens with two attached hydrogens (primary N) is 2. The second kappa shape index (κ2) is 11.0. The van der Waals surface area contributed by atoms with Crippen LogP contribution < -0.4 is 16.4 Å². The second-order valence-corrected chi connectivity index (χ2v) is 6.93. The number of benzene rings is 1. The van der Waals surface area contributed by atoms with Crippen LogP contribution in [-0.4, -0.2) is 23.9 Å². The van der Waals surface area contributed by atoms with Gasteiger partial charge in [-0.1, -0.05) is 65.0 Å². The third-order valence-corrected chi connectivity index (χ3v) is 4.53. The predicted molar refractivity (Wildman–Crippen MR) is 111 cm³/mol. The van der Waals surface area contributed by atoms with E-state index in [0.29, 0.717) is 12.1 Å². The zero-order valence-electron chi connectivity index (χ0n) is 16.1. The van der Waals surface area contributed by atoms with Crippen LogP contribution in [0.1, 0.15) is 46.1 Å². The van der Waals surface area contributed by atoms with E-state index in [4.69, 9.17) is 11.5 Å². The molecule has 4 N–H and O–H groups in total. The van der Waals surface area contributed by atoms with E-state index < -0.39 is 18.0 Å². The van der Waals surface area contributed by atoms with Gasteiger partial charge in [0.2, 0.25) is 11.8 Å². The number of halogens is 1. The summed E-state index contributed by atoms with van der Waals surface area (Å²) in [5.41, 5.74) is 13.2. The summed E-state index contributed by atoms with van der Waals surface area (Å²) in [6.07, 6.45) is 2.91. The molecule has 26 heavy (non-hydrogen) atoms. The third-order valence-electron chi connectivity index (χ3n) is 4.53. The van der Waals surface area contributed by atoms with Crippen molar-refractivity contribution in [2.75, 3.05) is 4.90 Å². The Labute approximate surface area is 163 Å². The lowest BCUT2D eigenvalue weighted by molar-refractivity contribution is -0.126. The molecule has 0 aliphatic carbocycles. The van der Waals surface area contributed by atoms with E-state index in [9.17, 15) is 9.59 Å². The van der Waals surface area contributed by atoms with Gasteiger partial charge in [-0.2, -0.15) is 0 Å². The number of rotatable bonds is 9. The van der Waals surface area contributed by atoms with Crippen LogP contribution in [0.3, 0.4) is 0 Å². The minimum Gasteiger partial charge on any atom is -0.368 e. The van der Waals surface area contributed by atoms with Crippen molar-refractivity contribution in [3.63, 3.8) is 0 Å². The van der Waals surface area contributed by atoms with Gasteiger partial charge in [-0.05, 0) is 29.9 Å². The lowest BCUT2D eigenvalue weighted by Crippen LogP contribution is -2.55. The Morgan fingerprint density at radius 2 is 1.81 bits per heavy atom. The number of carbonyl (C=O) groups is 2. The maximum Gasteiger partial charge on any atom is 0.244 e. The molecule has 6 heteroatoms. The Morgan fingerprint density at radius 1 is 1.23 bits per heavy atom. The fraction of sp³-hybridized carbons (Fsp3) is 0.500. The summed E-state index contributed by atoms with van der Waals surface area (Å²) in [4.78, 5) is 26.9. The highest BCUT2D eigenvalue weighted by molar-refractivity contribution is 6.04. The van der Waals surface area contributed by atoms with E-state index in [0.717, 1.165) is 12.0 Å². The lowest BCUT2D eigenvalue weighted by Gasteiger charge is -2.35. The Bertz CT molecular complexity index is 619. The highest BCUT2D eigenvalue weighted by Gasteiger charge is 2.35. The van der Waals surface area contributed by atoms with Gasteiger partial charge in [0.15, 0.2) is 0 Å². The molecule has 0 spiro atoms. The largest absolute Gasteiger partial charge is 0.368 e. The van der Waals surface area contributed by atoms with Gasteiger partial charge in [0, 0.05) is 0 Å². The van der Waals surface area contributed by atoms with Crippen molar-refractivity contribution in [1.82, 2.24) is 0 Å². The van der Waals surface area contributed by atoms with E-state index >= 15 is 0 Å². The SMILES string of the molecule is C=Cc1ccccc1N(C(=O)C(N)C(C)CC)C(CC(C)C)C(N)=O.Cl. The van der Waals surface area contributed by atoms with Crippen molar-refractivity contribution in [1.29, 1.82) is 0 Å². The number of nitrogens with zero attached hydrogens (tertiary/aromatic N) is 1. The van der Waals surface area contributed by atoms with E-state index in [-0.39, 0.29) is 30.2 Å². The number of carbonyl (C=O) groups excluding carboxylic acids is 2. The zero-order chi connectivity index (χ0) is 19.1. The fourth-order valence-corrected chi connectivity index (χ4v) is 2.77. The molecule has 0 aliphatic rings. The molecule has 2 amide bonds. The van der Waals surface area contributed by atoms with Crippen molar-refractivity contribution in [2.24, 2.45) is 23.3 Å². The lowest BCUT2D eigenvalue weighted by atomic mass is 9.95. The first-order valence-electron chi connectivity index (χ1n) is 8.83. The monoisotopic (exact) mass is 381 g/mol. The fourth-order valence-electron chi connectivity index (χ4n) is 2.77. The first-order chi connectivity index (χ1) is 11.7. The van der Waals surface area contributed by atoms with Crippen LogP contribution in [0, 0.1) is 11.8 Å². The molecular weight excluding hydrogens is 350 g/mol. The van der Waals surface area contributed by atoms with Gasteiger partial charge in [-0.25, -0.2) is 0 Å². The summed E-state index contributed by atoms with van der Waals surface area (Å²) in [5, 5.41) is 0. The highest BCUT2D eigenvalue weighted by atomic mass is 35.5. The van der Waals surface area contributed by atoms with Crippen molar-refractivity contribution in [3.05, 3.63) is 36.4 Å². The molecule has 0 fully saturated rings. The Morgan fingerprint density at radius 3 is 2.27 bits per heavy atom. The summed E-state index contributed by atoms with van der Waals surface area (Å²) < 4.78 is 0. The topological polar surface area (TPSA) is 89.4 Å². The Kier molecular flexibility index (Phi) is 10.2. The van der Waals surface area contributed by atoms with Crippen molar-refractivity contribution in [2.45, 2.75) is 52.6 Å². The molecule has 1 aromatic carbocycles. The first kappa shape index (κ1) is 24.1. The number of anilines is 1. The molecule has 0 saturated carbocycles. The molecule has 0 aliphatic heterocycles. The van der Waals surface area contributed by atoms with Gasteiger partial charge in [0.1, 0.15) is 6.04 Å². The molecule has 3 unspecified atom stereocenters. The minimum absolute atomic E-state index is 0. The molecule has 0 aromatic heterocycles. The summed E-state index contributed by atoms with van der Waals surface area (Å²) in [7, 11) is 0. The van der Waals surface area contributed by atoms with Crippen LogP contribution >= 0.6 is 12.4 Å². The molecule has 0 saturated heterocycles. The van der Waals surface area contributed by atoms with Gasteiger partial charge < -0.3 is 11.5 Å². The number of hydrogen-bond acceptors (Lipinski definition) is 3. The van der Waals surface area contributed by atoms with E-state index in [2.05, 4.69) is 6.58 Å². The van der Waals surface area contributed by atoms with Crippen molar-refractivity contribution in [3.8, 4) is 0 Å². The van der Waals surface area contributed by atoms with Gasteiger partial charge in [0.05, 0.1) is 11.7 Å². The van der Waals surface area contributed by atoms with Gasteiger partial charge in [0.25, 0.3) is 0 Å². The molecule has 146 valence electrons. The molecule has 0 radical (unpaired) electrons. The van der Waals surface area contributed by atoms with Crippen LogP contribution in [0.2, 0.25) is 0 Å². The summed E-state index contributed by atoms with van der Waals surface area (Å²) in [5.74, 6) is -0.618. The summed E-state index contributed by atoms with van der Waals surface area (Å²) in [6, 6.07) is 5.89. The predicted octanol–water partition coefficient (Wildman–Crippen LogP) is 3.36. The molecule has 1 rings (SSSR count). The number of hydrogen-bond donors (Lipinski definition) is 2. The Balaban J connectivity index is 0.00000625. The molecule has 0 heterocycles. The normalized spacial score (nSPS) is 14.1. The average Bonchev–Trinajstić information content (AvgIpc) is 2.59. The van der Waals surface area contributed by atoms with Crippen LogP contribution in [0.5, 0.6) is 0 Å². The van der Waals surface area contributed by atoms with Gasteiger partial charge >= 0.3 is 0 Å². The van der Waals surface area contributed by atoms with Crippen molar-refractivity contribution < 1.29 is 9.59 Å². The number of amides is 2. The van der Waals surface area contributed by atoms with Crippen LogP contribution in [0.4, 0.5) is 5.69 Å². The van der Waals surface area contributed by atoms with E-state index in [1.165, 1.54) is 4.90 Å². The van der Waals surface area contributed by atoms with Gasteiger partial charge in [-0.3, -0.25) is 14.5 Å².